The average molecular weight is 266 g/mol. The molecule has 100 valence electrons. The Morgan fingerprint density at radius 1 is 1.37 bits per heavy atom. The van der Waals surface area contributed by atoms with Crippen LogP contribution < -0.4 is 0 Å². The van der Waals surface area contributed by atoms with E-state index in [2.05, 4.69) is 4.98 Å². The molecule has 0 aliphatic heterocycles. The van der Waals surface area contributed by atoms with Crippen LogP contribution in [-0.4, -0.2) is 15.5 Å². The number of rotatable bonds is 3. The number of benzene rings is 1. The summed E-state index contributed by atoms with van der Waals surface area (Å²) >= 11 is 0. The topological polar surface area (TPSA) is 44.1 Å². The van der Waals surface area contributed by atoms with Crippen LogP contribution in [0, 0.1) is 18.6 Å². The molecule has 0 saturated heterocycles. The predicted octanol–water partition coefficient (Wildman–Crippen LogP) is 2.36. The molecule has 1 aromatic heterocycles. The summed E-state index contributed by atoms with van der Waals surface area (Å²) in [7, 11) is 1.74. The number of ether oxygens (including phenoxy) is 1. The van der Waals surface area contributed by atoms with Gasteiger partial charge in [0.2, 0.25) is 0 Å². The lowest BCUT2D eigenvalue weighted by atomic mass is 10.1. The van der Waals surface area contributed by atoms with E-state index in [1.54, 1.807) is 24.0 Å². The standard InChI is InChI=1S/C13H12F2N2O2/c1-8-5-11(15)9(6-10(8)14)13(18)19-7-12-16-3-4-17(12)2/h3-6H,7H2,1-2H3. The third kappa shape index (κ3) is 2.78. The van der Waals surface area contributed by atoms with Crippen LogP contribution in [0.5, 0.6) is 0 Å². The molecule has 0 radical (unpaired) electrons. The summed E-state index contributed by atoms with van der Waals surface area (Å²) in [4.78, 5) is 15.6. The fourth-order valence-corrected chi connectivity index (χ4v) is 1.55. The van der Waals surface area contributed by atoms with Gasteiger partial charge in [-0.15, -0.1) is 0 Å². The van der Waals surface area contributed by atoms with Gasteiger partial charge in [0.15, 0.2) is 0 Å². The summed E-state index contributed by atoms with van der Waals surface area (Å²) in [6.45, 7) is 1.32. The zero-order valence-electron chi connectivity index (χ0n) is 10.5. The van der Waals surface area contributed by atoms with Gasteiger partial charge in [-0.05, 0) is 24.6 Å². The summed E-state index contributed by atoms with van der Waals surface area (Å²) in [5.41, 5.74) is -0.282. The first-order valence-electron chi connectivity index (χ1n) is 5.58. The fourth-order valence-electron chi connectivity index (χ4n) is 1.55. The first-order chi connectivity index (χ1) is 8.99. The molecule has 4 nitrogen and oxygen atoms in total. The van der Waals surface area contributed by atoms with Crippen LogP contribution in [0.4, 0.5) is 8.78 Å². The Balaban J connectivity index is 2.12. The molecule has 1 heterocycles. The van der Waals surface area contributed by atoms with Gasteiger partial charge in [-0.25, -0.2) is 18.6 Å². The van der Waals surface area contributed by atoms with E-state index in [0.29, 0.717) is 5.82 Å². The van der Waals surface area contributed by atoms with Crippen LogP contribution in [0.25, 0.3) is 0 Å². The SMILES string of the molecule is Cc1cc(F)c(C(=O)OCc2nccn2C)cc1F. The van der Waals surface area contributed by atoms with E-state index in [-0.39, 0.29) is 12.2 Å². The highest BCUT2D eigenvalue weighted by atomic mass is 19.1. The van der Waals surface area contributed by atoms with Crippen molar-refractivity contribution in [2.45, 2.75) is 13.5 Å². The van der Waals surface area contributed by atoms with Gasteiger partial charge < -0.3 is 9.30 Å². The molecule has 0 unspecified atom stereocenters. The molecule has 0 saturated carbocycles. The monoisotopic (exact) mass is 266 g/mol. The second-order valence-corrected chi connectivity index (χ2v) is 4.11. The number of aryl methyl sites for hydroxylation is 2. The molecular formula is C13H12F2N2O2. The van der Waals surface area contributed by atoms with Crippen molar-refractivity contribution in [3.63, 3.8) is 0 Å². The summed E-state index contributed by atoms with van der Waals surface area (Å²) in [5.74, 6) is -1.85. The predicted molar refractivity (Wildman–Crippen MR) is 63.4 cm³/mol. The van der Waals surface area contributed by atoms with Gasteiger partial charge >= 0.3 is 5.97 Å². The molecule has 0 N–H and O–H groups in total. The van der Waals surface area contributed by atoms with Gasteiger partial charge in [-0.3, -0.25) is 0 Å². The van der Waals surface area contributed by atoms with Crippen molar-refractivity contribution < 1.29 is 18.3 Å². The van der Waals surface area contributed by atoms with Crippen LogP contribution in [-0.2, 0) is 18.4 Å². The van der Waals surface area contributed by atoms with Crippen molar-refractivity contribution in [3.05, 3.63) is 53.1 Å². The van der Waals surface area contributed by atoms with Crippen molar-refractivity contribution in [2.24, 2.45) is 7.05 Å². The summed E-state index contributed by atoms with van der Waals surface area (Å²) in [6.07, 6.45) is 3.24. The quantitative estimate of drug-likeness (QED) is 0.801. The molecule has 0 bridgehead atoms. The normalized spacial score (nSPS) is 10.5. The minimum absolute atomic E-state index is 0.0999. The van der Waals surface area contributed by atoms with Crippen molar-refractivity contribution in [1.82, 2.24) is 9.55 Å². The Hall–Kier alpha value is -2.24. The van der Waals surface area contributed by atoms with Crippen molar-refractivity contribution in [2.75, 3.05) is 0 Å². The number of hydrogen-bond donors (Lipinski definition) is 0. The van der Waals surface area contributed by atoms with Gasteiger partial charge in [0.25, 0.3) is 0 Å². The Morgan fingerprint density at radius 2 is 2.11 bits per heavy atom. The third-order valence-corrected chi connectivity index (χ3v) is 2.72. The summed E-state index contributed by atoms with van der Waals surface area (Å²) in [5, 5.41) is 0. The minimum atomic E-state index is -0.917. The van der Waals surface area contributed by atoms with Gasteiger partial charge in [0, 0.05) is 19.4 Å². The maximum absolute atomic E-state index is 13.5. The van der Waals surface area contributed by atoms with E-state index >= 15 is 0 Å². The van der Waals surface area contributed by atoms with Crippen LogP contribution in [0.2, 0.25) is 0 Å². The van der Waals surface area contributed by atoms with Crippen LogP contribution >= 0.6 is 0 Å². The fraction of sp³-hybridized carbons (Fsp3) is 0.231. The zero-order valence-corrected chi connectivity index (χ0v) is 10.5. The number of halogens is 2. The highest BCUT2D eigenvalue weighted by Crippen LogP contribution is 2.15. The highest BCUT2D eigenvalue weighted by Gasteiger charge is 2.16. The Labute approximate surface area is 108 Å². The highest BCUT2D eigenvalue weighted by molar-refractivity contribution is 5.89. The van der Waals surface area contributed by atoms with Gasteiger partial charge in [-0.2, -0.15) is 0 Å². The number of aromatic nitrogens is 2. The summed E-state index contributed by atoms with van der Waals surface area (Å²) in [6, 6.07) is 1.80. The maximum Gasteiger partial charge on any atom is 0.341 e. The molecule has 0 amide bonds. The second kappa shape index (κ2) is 5.17. The number of nitrogens with zero attached hydrogens (tertiary/aromatic N) is 2. The van der Waals surface area contributed by atoms with Crippen molar-refractivity contribution in [1.29, 1.82) is 0 Å². The minimum Gasteiger partial charge on any atom is -0.454 e. The molecule has 2 rings (SSSR count). The van der Waals surface area contributed by atoms with Crippen molar-refractivity contribution >= 4 is 5.97 Å². The van der Waals surface area contributed by atoms with Crippen LogP contribution in [0.3, 0.4) is 0 Å². The molecule has 1 aromatic carbocycles. The van der Waals surface area contributed by atoms with E-state index < -0.39 is 23.2 Å². The first-order valence-corrected chi connectivity index (χ1v) is 5.58. The van der Waals surface area contributed by atoms with Gasteiger partial charge in [0.1, 0.15) is 24.1 Å². The molecule has 0 fully saturated rings. The number of esters is 1. The third-order valence-electron chi connectivity index (χ3n) is 2.72. The lowest BCUT2D eigenvalue weighted by Crippen LogP contribution is -2.10. The van der Waals surface area contributed by atoms with Gasteiger partial charge in [0.05, 0.1) is 5.56 Å². The summed E-state index contributed by atoms with van der Waals surface area (Å²) < 4.78 is 33.4. The first kappa shape index (κ1) is 13.2. The molecule has 0 aliphatic rings. The Bertz CT molecular complexity index is 623. The van der Waals surface area contributed by atoms with E-state index in [9.17, 15) is 13.6 Å². The smallest absolute Gasteiger partial charge is 0.341 e. The number of hydrogen-bond acceptors (Lipinski definition) is 3. The average Bonchev–Trinajstić information content (AvgIpc) is 2.76. The van der Waals surface area contributed by atoms with E-state index in [0.717, 1.165) is 12.1 Å². The van der Waals surface area contributed by atoms with E-state index in [1.165, 1.54) is 6.92 Å². The Morgan fingerprint density at radius 3 is 2.74 bits per heavy atom. The second-order valence-electron chi connectivity index (χ2n) is 4.11. The molecule has 0 spiro atoms. The van der Waals surface area contributed by atoms with Crippen molar-refractivity contribution in [3.8, 4) is 0 Å². The molecule has 0 atom stereocenters. The lowest BCUT2D eigenvalue weighted by molar-refractivity contribution is 0.0453. The molecule has 6 heteroatoms. The van der Waals surface area contributed by atoms with E-state index in [1.807, 2.05) is 0 Å². The zero-order chi connectivity index (χ0) is 14.0. The number of carbonyl (C=O) groups excluding carboxylic acids is 1. The van der Waals surface area contributed by atoms with Gasteiger partial charge in [-0.1, -0.05) is 0 Å². The largest absolute Gasteiger partial charge is 0.454 e. The maximum atomic E-state index is 13.5. The lowest BCUT2D eigenvalue weighted by Gasteiger charge is -2.07. The molecule has 19 heavy (non-hydrogen) atoms. The molecular weight excluding hydrogens is 254 g/mol. The molecule has 2 aromatic rings. The molecule has 0 aliphatic carbocycles. The van der Waals surface area contributed by atoms with Crippen LogP contribution in [0.1, 0.15) is 21.7 Å². The number of carbonyl (C=O) groups is 1. The number of imidazole rings is 1. The van der Waals surface area contributed by atoms with E-state index in [4.69, 9.17) is 4.74 Å². The Kier molecular flexibility index (Phi) is 3.59. The van der Waals surface area contributed by atoms with Crippen LogP contribution in [0.15, 0.2) is 24.5 Å².